The van der Waals surface area contributed by atoms with Crippen LogP contribution in [0.3, 0.4) is 0 Å². The van der Waals surface area contributed by atoms with Gasteiger partial charge in [0, 0.05) is 19.4 Å². The number of carbonyl (C=O) groups is 2. The first-order chi connectivity index (χ1) is 32.8. The second kappa shape index (κ2) is 52.6. The second-order valence-electron chi connectivity index (χ2n) is 17.7. The Morgan fingerprint density at radius 1 is 0.463 bits per heavy atom. The molecule has 0 saturated carbocycles. The Morgan fingerprint density at radius 2 is 0.821 bits per heavy atom. The molecule has 386 valence electrons. The highest BCUT2D eigenvalue weighted by molar-refractivity contribution is 7.47. The zero-order chi connectivity index (χ0) is 48.8. The van der Waals surface area contributed by atoms with E-state index in [1.165, 1.54) is 109 Å². The van der Waals surface area contributed by atoms with Crippen molar-refractivity contribution in [2.75, 3.05) is 26.4 Å². The summed E-state index contributed by atoms with van der Waals surface area (Å²) >= 11 is 0. The van der Waals surface area contributed by atoms with Gasteiger partial charge in [0.25, 0.3) is 0 Å². The molecule has 0 heterocycles. The van der Waals surface area contributed by atoms with E-state index in [9.17, 15) is 19.0 Å². The van der Waals surface area contributed by atoms with E-state index in [1.807, 2.05) is 0 Å². The van der Waals surface area contributed by atoms with Crippen molar-refractivity contribution < 1.29 is 37.6 Å². The van der Waals surface area contributed by atoms with Gasteiger partial charge >= 0.3 is 19.8 Å². The van der Waals surface area contributed by atoms with Gasteiger partial charge in [-0.1, -0.05) is 214 Å². The number of carbonyl (C=O) groups excluding carboxylic acids is 2. The molecule has 0 amide bonds. The maximum Gasteiger partial charge on any atom is 0.472 e. The highest BCUT2D eigenvalue weighted by Crippen LogP contribution is 2.43. The molecule has 0 radical (unpaired) electrons. The summed E-state index contributed by atoms with van der Waals surface area (Å²) in [5.41, 5.74) is 5.37. The summed E-state index contributed by atoms with van der Waals surface area (Å²) in [6.07, 6.45) is 67.7. The predicted molar refractivity (Wildman–Crippen MR) is 284 cm³/mol. The van der Waals surface area contributed by atoms with E-state index in [2.05, 4.69) is 98.9 Å². The number of ether oxygens (including phenoxy) is 2. The summed E-state index contributed by atoms with van der Waals surface area (Å²) in [4.78, 5) is 35.1. The molecule has 0 fully saturated rings. The Morgan fingerprint density at radius 3 is 1.22 bits per heavy atom. The van der Waals surface area contributed by atoms with Crippen LogP contribution in [0.25, 0.3) is 0 Å². The second-order valence-corrected chi connectivity index (χ2v) is 19.2. The average molecular weight is 958 g/mol. The molecule has 0 aromatic carbocycles. The fraction of sp³-hybridized carbons (Fsp3) is 0.719. The maximum absolute atomic E-state index is 12.7. The van der Waals surface area contributed by atoms with Crippen molar-refractivity contribution in [1.29, 1.82) is 0 Å². The molecule has 0 aliphatic rings. The minimum atomic E-state index is -4.39. The van der Waals surface area contributed by atoms with Gasteiger partial charge in [0.1, 0.15) is 6.61 Å². The molecule has 0 saturated heterocycles. The van der Waals surface area contributed by atoms with E-state index in [0.29, 0.717) is 12.8 Å². The maximum atomic E-state index is 12.7. The molecule has 2 unspecified atom stereocenters. The minimum absolute atomic E-state index is 0.0481. The van der Waals surface area contributed by atoms with Crippen molar-refractivity contribution in [3.05, 3.63) is 85.1 Å². The lowest BCUT2D eigenvalue weighted by atomic mass is 10.0. The number of phosphoric acid groups is 1. The summed E-state index contributed by atoms with van der Waals surface area (Å²) in [7, 11) is -4.39. The molecule has 2 atom stereocenters. The Balaban J connectivity index is 4.02. The van der Waals surface area contributed by atoms with Gasteiger partial charge in [-0.2, -0.15) is 0 Å². The molecule has 0 aromatic rings. The van der Waals surface area contributed by atoms with Crippen LogP contribution in [0.2, 0.25) is 0 Å². The van der Waals surface area contributed by atoms with E-state index in [0.717, 1.165) is 83.5 Å². The minimum Gasteiger partial charge on any atom is -0.462 e. The molecular weight excluding hydrogens is 858 g/mol. The van der Waals surface area contributed by atoms with Crippen molar-refractivity contribution in [2.45, 2.75) is 238 Å². The van der Waals surface area contributed by atoms with E-state index >= 15 is 0 Å². The molecule has 0 aliphatic heterocycles. The summed E-state index contributed by atoms with van der Waals surface area (Å²) in [5.74, 6) is -0.843. The monoisotopic (exact) mass is 958 g/mol. The Bertz CT molecular complexity index is 1370. The van der Waals surface area contributed by atoms with Crippen LogP contribution < -0.4 is 5.73 Å². The first-order valence-corrected chi connectivity index (χ1v) is 28.6. The Labute approximate surface area is 411 Å². The molecule has 0 spiro atoms. The molecular formula is C57H100NO8P. The average Bonchev–Trinajstić information content (AvgIpc) is 3.32. The zero-order valence-electron chi connectivity index (χ0n) is 42.9. The van der Waals surface area contributed by atoms with Crippen molar-refractivity contribution >= 4 is 19.8 Å². The smallest absolute Gasteiger partial charge is 0.462 e. The van der Waals surface area contributed by atoms with E-state index in [1.54, 1.807) is 0 Å². The molecule has 67 heavy (non-hydrogen) atoms. The SMILES string of the molecule is CC/C=C\C/C=C\C/C=C\C/C=C\CCCCCCCCCCCCCCCCC(=O)OC(COC(=O)CCCCCCCC/C=C\C/C=C\C/C=C\CCCCC)COP(=O)(O)OCCN. The number of nitrogens with two attached hydrogens (primary N) is 1. The van der Waals surface area contributed by atoms with Crippen LogP contribution in [0.5, 0.6) is 0 Å². The summed E-state index contributed by atoms with van der Waals surface area (Å²) in [6.45, 7) is 3.59. The molecule has 0 rings (SSSR count). The van der Waals surface area contributed by atoms with Gasteiger partial charge in [-0.15, -0.1) is 0 Å². The summed E-state index contributed by atoms with van der Waals surface area (Å²) in [5, 5.41) is 0. The van der Waals surface area contributed by atoms with Gasteiger partial charge in [-0.3, -0.25) is 18.6 Å². The fourth-order valence-electron chi connectivity index (χ4n) is 7.28. The lowest BCUT2D eigenvalue weighted by molar-refractivity contribution is -0.161. The van der Waals surface area contributed by atoms with Gasteiger partial charge < -0.3 is 20.1 Å². The Kier molecular flexibility index (Phi) is 50.4. The van der Waals surface area contributed by atoms with E-state index in [-0.39, 0.29) is 32.6 Å². The summed E-state index contributed by atoms with van der Waals surface area (Å²) < 4.78 is 33.0. The van der Waals surface area contributed by atoms with Crippen LogP contribution in [0, 0.1) is 0 Å². The third kappa shape index (κ3) is 52.4. The standard InChI is InChI=1S/C57H100NO8P/c1-3-5-7-9-11-13-15-17-19-21-23-24-25-26-27-28-29-30-32-34-36-38-40-42-44-46-48-50-57(60)66-55(54-65-67(61,62)64-52-51-58)53-63-56(59)49-47-45-43-41-39-37-35-33-31-22-20-18-16-14-12-10-8-6-4-2/h5,7,11-14,17-20,23-24,31,33,55H,3-4,6,8-10,15-16,21-22,25-30,32,34-54,58H2,1-2H3,(H,61,62)/b7-5-,13-11-,14-12-,19-17-,20-18-,24-23-,33-31-. The third-order valence-corrected chi connectivity index (χ3v) is 12.2. The van der Waals surface area contributed by atoms with Gasteiger partial charge in [0.15, 0.2) is 6.10 Å². The van der Waals surface area contributed by atoms with Crippen LogP contribution in [0.4, 0.5) is 0 Å². The number of esters is 2. The van der Waals surface area contributed by atoms with Gasteiger partial charge in [0.2, 0.25) is 0 Å². The summed E-state index contributed by atoms with van der Waals surface area (Å²) in [6, 6.07) is 0. The number of unbranched alkanes of at least 4 members (excludes halogenated alkanes) is 23. The van der Waals surface area contributed by atoms with Crippen LogP contribution in [-0.4, -0.2) is 49.3 Å². The fourth-order valence-corrected chi connectivity index (χ4v) is 8.05. The number of rotatable bonds is 50. The molecule has 0 bridgehead atoms. The van der Waals surface area contributed by atoms with Crippen LogP contribution >= 0.6 is 7.82 Å². The van der Waals surface area contributed by atoms with E-state index < -0.39 is 32.5 Å². The van der Waals surface area contributed by atoms with Gasteiger partial charge in [-0.25, -0.2) is 4.57 Å². The van der Waals surface area contributed by atoms with Crippen molar-refractivity contribution in [3.63, 3.8) is 0 Å². The van der Waals surface area contributed by atoms with Crippen molar-refractivity contribution in [1.82, 2.24) is 0 Å². The molecule has 10 heteroatoms. The molecule has 0 aromatic heterocycles. The molecule has 0 aliphatic carbocycles. The predicted octanol–water partition coefficient (Wildman–Crippen LogP) is 16.7. The molecule has 3 N–H and O–H groups in total. The van der Waals surface area contributed by atoms with Crippen LogP contribution in [0.15, 0.2) is 85.1 Å². The first-order valence-electron chi connectivity index (χ1n) is 27.1. The number of hydrogen-bond acceptors (Lipinski definition) is 8. The topological polar surface area (TPSA) is 134 Å². The zero-order valence-corrected chi connectivity index (χ0v) is 43.8. The quantitative estimate of drug-likeness (QED) is 0.0264. The highest BCUT2D eigenvalue weighted by Gasteiger charge is 2.26. The largest absolute Gasteiger partial charge is 0.472 e. The normalized spacial score (nSPS) is 13.8. The Hall–Kier alpha value is -2.81. The number of hydrogen-bond donors (Lipinski definition) is 2. The number of allylic oxidation sites excluding steroid dienone is 14. The van der Waals surface area contributed by atoms with Gasteiger partial charge in [-0.05, 0) is 89.9 Å². The van der Waals surface area contributed by atoms with Crippen LogP contribution in [-0.2, 0) is 32.7 Å². The third-order valence-electron chi connectivity index (χ3n) is 11.3. The lowest BCUT2D eigenvalue weighted by Gasteiger charge is -2.19. The number of phosphoric ester groups is 1. The molecule has 9 nitrogen and oxygen atoms in total. The highest BCUT2D eigenvalue weighted by atomic mass is 31.2. The van der Waals surface area contributed by atoms with Crippen molar-refractivity contribution in [2.24, 2.45) is 5.73 Å². The van der Waals surface area contributed by atoms with Gasteiger partial charge in [0.05, 0.1) is 13.2 Å². The van der Waals surface area contributed by atoms with Crippen LogP contribution in [0.1, 0.15) is 232 Å². The first kappa shape index (κ1) is 64.2. The van der Waals surface area contributed by atoms with Crippen molar-refractivity contribution in [3.8, 4) is 0 Å². The van der Waals surface area contributed by atoms with E-state index in [4.69, 9.17) is 24.3 Å². The lowest BCUT2D eigenvalue weighted by Crippen LogP contribution is -2.29.